The van der Waals surface area contributed by atoms with Crippen LogP contribution < -0.4 is 4.74 Å². The number of rotatable bonds is 5. The average molecular weight is 334 g/mol. The summed E-state index contributed by atoms with van der Waals surface area (Å²) in [5, 5.41) is 0.613. The third kappa shape index (κ3) is 4.83. The first-order chi connectivity index (χ1) is 11.0. The maximum absolute atomic E-state index is 13.7. The van der Waals surface area contributed by atoms with Crippen molar-refractivity contribution in [1.82, 2.24) is 4.90 Å². The van der Waals surface area contributed by atoms with Gasteiger partial charge in [-0.15, -0.1) is 0 Å². The van der Waals surface area contributed by atoms with Crippen LogP contribution in [0.2, 0.25) is 5.02 Å². The van der Waals surface area contributed by atoms with Crippen LogP contribution in [-0.4, -0.2) is 25.0 Å². The van der Waals surface area contributed by atoms with Gasteiger partial charge in [-0.2, -0.15) is 0 Å². The Hall–Kier alpha value is -2.33. The molecule has 0 bridgehead atoms. The molecule has 0 heterocycles. The number of nitrogens with zero attached hydrogens (tertiary/aromatic N) is 1. The second-order valence-corrected chi connectivity index (χ2v) is 5.49. The number of hydrogen-bond donors (Lipinski definition) is 0. The van der Waals surface area contributed by atoms with Gasteiger partial charge in [-0.3, -0.25) is 4.79 Å². The van der Waals surface area contributed by atoms with Gasteiger partial charge in [0.1, 0.15) is 0 Å². The van der Waals surface area contributed by atoms with E-state index in [0.29, 0.717) is 17.1 Å². The van der Waals surface area contributed by atoms with Gasteiger partial charge in [0, 0.05) is 24.7 Å². The van der Waals surface area contributed by atoms with Crippen molar-refractivity contribution in [1.29, 1.82) is 0 Å². The Labute approximate surface area is 139 Å². The molecule has 0 N–H and O–H groups in total. The number of carbonyl (C=O) groups excluding carboxylic acids is 1. The summed E-state index contributed by atoms with van der Waals surface area (Å²) in [5.41, 5.74) is 1.53. The van der Waals surface area contributed by atoms with Crippen LogP contribution in [0.15, 0.2) is 48.5 Å². The number of benzene rings is 2. The Morgan fingerprint density at radius 1 is 1.30 bits per heavy atom. The second-order valence-electron chi connectivity index (χ2n) is 5.05. The maximum Gasteiger partial charge on any atom is 0.246 e. The van der Waals surface area contributed by atoms with Crippen molar-refractivity contribution in [2.45, 2.75) is 6.54 Å². The first-order valence-corrected chi connectivity index (χ1v) is 7.38. The van der Waals surface area contributed by atoms with Crippen LogP contribution in [0.3, 0.4) is 0 Å². The van der Waals surface area contributed by atoms with E-state index < -0.39 is 5.82 Å². The molecule has 0 aliphatic heterocycles. The zero-order valence-electron chi connectivity index (χ0n) is 12.9. The van der Waals surface area contributed by atoms with E-state index in [2.05, 4.69) is 0 Å². The van der Waals surface area contributed by atoms with E-state index >= 15 is 0 Å². The van der Waals surface area contributed by atoms with Crippen LogP contribution in [-0.2, 0) is 11.3 Å². The molecule has 2 aromatic rings. The Bertz CT molecular complexity index is 731. The molecule has 3 nitrogen and oxygen atoms in total. The third-order valence-corrected chi connectivity index (χ3v) is 3.51. The van der Waals surface area contributed by atoms with E-state index in [4.69, 9.17) is 16.3 Å². The summed E-state index contributed by atoms with van der Waals surface area (Å²) in [4.78, 5) is 13.6. The fourth-order valence-corrected chi connectivity index (χ4v) is 2.26. The van der Waals surface area contributed by atoms with Crippen LogP contribution in [0.1, 0.15) is 11.1 Å². The van der Waals surface area contributed by atoms with E-state index in [1.165, 1.54) is 24.2 Å². The van der Waals surface area contributed by atoms with Crippen LogP contribution in [0.4, 0.5) is 4.39 Å². The maximum atomic E-state index is 13.7. The molecule has 0 aliphatic rings. The minimum Gasteiger partial charge on any atom is -0.494 e. The molecular weight excluding hydrogens is 317 g/mol. The van der Waals surface area contributed by atoms with Gasteiger partial charge in [0.2, 0.25) is 5.91 Å². The molecule has 2 aromatic carbocycles. The van der Waals surface area contributed by atoms with Crippen molar-refractivity contribution in [3.63, 3.8) is 0 Å². The third-order valence-electron chi connectivity index (χ3n) is 3.28. The van der Waals surface area contributed by atoms with E-state index in [1.54, 1.807) is 37.4 Å². The summed E-state index contributed by atoms with van der Waals surface area (Å²) >= 11 is 5.89. The summed E-state index contributed by atoms with van der Waals surface area (Å²) in [6.07, 6.45) is 3.16. The van der Waals surface area contributed by atoms with Gasteiger partial charge >= 0.3 is 0 Å². The average Bonchev–Trinajstić information content (AvgIpc) is 2.53. The van der Waals surface area contributed by atoms with Crippen molar-refractivity contribution in [2.75, 3.05) is 14.2 Å². The molecular formula is C18H17ClFNO2. The highest BCUT2D eigenvalue weighted by molar-refractivity contribution is 6.30. The minimum absolute atomic E-state index is 0.179. The molecule has 0 atom stereocenters. The Morgan fingerprint density at radius 3 is 2.74 bits per heavy atom. The first kappa shape index (κ1) is 17.0. The van der Waals surface area contributed by atoms with Crippen LogP contribution in [0.5, 0.6) is 5.75 Å². The van der Waals surface area contributed by atoms with Gasteiger partial charge in [0.15, 0.2) is 11.6 Å². The van der Waals surface area contributed by atoms with Gasteiger partial charge < -0.3 is 9.64 Å². The lowest BCUT2D eigenvalue weighted by atomic mass is 10.2. The van der Waals surface area contributed by atoms with Crippen molar-refractivity contribution >= 4 is 23.6 Å². The summed E-state index contributed by atoms with van der Waals surface area (Å²) in [6, 6.07) is 11.8. The standard InChI is InChI=1S/C18H17ClFNO2/c1-21(12-14-6-8-17(23-2)16(20)11-14)18(22)9-7-13-4-3-5-15(19)10-13/h3-11H,12H2,1-2H3/b9-7+. The van der Waals surface area contributed by atoms with E-state index in [-0.39, 0.29) is 11.7 Å². The Balaban J connectivity index is 2.01. The highest BCUT2D eigenvalue weighted by Gasteiger charge is 2.08. The number of amides is 1. The zero-order chi connectivity index (χ0) is 16.8. The summed E-state index contributed by atoms with van der Waals surface area (Å²) in [5.74, 6) is -0.440. The molecule has 120 valence electrons. The first-order valence-electron chi connectivity index (χ1n) is 7.01. The molecule has 2 rings (SSSR count). The number of halogens is 2. The minimum atomic E-state index is -0.444. The normalized spacial score (nSPS) is 10.8. The lowest BCUT2D eigenvalue weighted by Gasteiger charge is -2.15. The van der Waals surface area contributed by atoms with Gasteiger partial charge in [-0.25, -0.2) is 4.39 Å². The van der Waals surface area contributed by atoms with E-state index in [9.17, 15) is 9.18 Å². The fraction of sp³-hybridized carbons (Fsp3) is 0.167. The monoisotopic (exact) mass is 333 g/mol. The Kier molecular flexibility index (Phi) is 5.77. The highest BCUT2D eigenvalue weighted by atomic mass is 35.5. The van der Waals surface area contributed by atoms with Gasteiger partial charge in [0.25, 0.3) is 0 Å². The number of likely N-dealkylation sites (N-methyl/N-ethyl adjacent to an activating group) is 1. The number of hydrogen-bond acceptors (Lipinski definition) is 2. The summed E-state index contributed by atoms with van der Waals surface area (Å²) < 4.78 is 18.5. The van der Waals surface area contributed by atoms with Crippen LogP contribution in [0.25, 0.3) is 6.08 Å². The quantitative estimate of drug-likeness (QED) is 0.769. The largest absolute Gasteiger partial charge is 0.494 e. The van der Waals surface area contributed by atoms with E-state index in [0.717, 1.165) is 5.56 Å². The van der Waals surface area contributed by atoms with Gasteiger partial charge in [-0.05, 0) is 41.5 Å². The van der Waals surface area contributed by atoms with E-state index in [1.807, 2.05) is 12.1 Å². The molecule has 0 saturated carbocycles. The number of methoxy groups -OCH3 is 1. The molecule has 23 heavy (non-hydrogen) atoms. The van der Waals surface area contributed by atoms with Crippen LogP contribution in [0, 0.1) is 5.82 Å². The Morgan fingerprint density at radius 2 is 2.09 bits per heavy atom. The summed E-state index contributed by atoms with van der Waals surface area (Å²) in [6.45, 7) is 0.305. The SMILES string of the molecule is COc1ccc(CN(C)C(=O)/C=C/c2cccc(Cl)c2)cc1F. The predicted molar refractivity (Wildman–Crippen MR) is 89.9 cm³/mol. The molecule has 1 amide bonds. The predicted octanol–water partition coefficient (Wildman–Crippen LogP) is 4.16. The molecule has 5 heteroatoms. The zero-order valence-corrected chi connectivity index (χ0v) is 13.7. The molecule has 0 spiro atoms. The van der Waals surface area contributed by atoms with Crippen molar-refractivity contribution < 1.29 is 13.9 Å². The molecule has 0 fully saturated rings. The van der Waals surface area contributed by atoms with Crippen molar-refractivity contribution in [3.8, 4) is 5.75 Å². The molecule has 0 aromatic heterocycles. The molecule has 0 radical (unpaired) electrons. The van der Waals surface area contributed by atoms with Gasteiger partial charge in [-0.1, -0.05) is 29.8 Å². The van der Waals surface area contributed by atoms with Crippen molar-refractivity contribution in [2.24, 2.45) is 0 Å². The molecule has 0 aliphatic carbocycles. The second kappa shape index (κ2) is 7.79. The van der Waals surface area contributed by atoms with Crippen LogP contribution >= 0.6 is 11.6 Å². The smallest absolute Gasteiger partial charge is 0.246 e. The summed E-state index contributed by atoms with van der Waals surface area (Å²) in [7, 11) is 3.07. The number of ether oxygens (including phenoxy) is 1. The highest BCUT2D eigenvalue weighted by Crippen LogP contribution is 2.18. The molecule has 0 unspecified atom stereocenters. The van der Waals surface area contributed by atoms with Crippen molar-refractivity contribution in [3.05, 3.63) is 70.5 Å². The lowest BCUT2D eigenvalue weighted by Crippen LogP contribution is -2.24. The topological polar surface area (TPSA) is 29.5 Å². The molecule has 0 saturated heterocycles. The number of carbonyl (C=O) groups is 1. The lowest BCUT2D eigenvalue weighted by molar-refractivity contribution is -0.125. The van der Waals surface area contributed by atoms with Gasteiger partial charge in [0.05, 0.1) is 7.11 Å². The fourth-order valence-electron chi connectivity index (χ4n) is 2.07.